The molecule has 10 nitrogen and oxygen atoms in total. The number of carbonyl (C=O) groups excluding carboxylic acids is 2. The van der Waals surface area contributed by atoms with E-state index in [1.807, 2.05) is 13.8 Å². The Hall–Kier alpha value is -2.72. The highest BCUT2D eigenvalue weighted by Gasteiger charge is 2.23. The van der Waals surface area contributed by atoms with E-state index in [9.17, 15) is 9.59 Å². The van der Waals surface area contributed by atoms with Crippen LogP contribution >= 0.6 is 0 Å². The molecule has 0 aliphatic heterocycles. The molecule has 1 rings (SSSR count). The minimum atomic E-state index is -1.17. The molecule has 0 amide bonds. The van der Waals surface area contributed by atoms with Crippen LogP contribution in [0.5, 0.6) is 17.2 Å². The van der Waals surface area contributed by atoms with Gasteiger partial charge < -0.3 is 23.7 Å². The molecule has 152 valence electrons. The van der Waals surface area contributed by atoms with Crippen LogP contribution < -0.4 is 14.2 Å². The predicted octanol–water partition coefficient (Wildman–Crippen LogP) is 2.68. The van der Waals surface area contributed by atoms with E-state index in [1.54, 1.807) is 7.11 Å². The Morgan fingerprint density at radius 3 is 2.15 bits per heavy atom. The van der Waals surface area contributed by atoms with E-state index >= 15 is 0 Å². The molecule has 0 radical (unpaired) electrons. The highest BCUT2D eigenvalue weighted by molar-refractivity contribution is 5.93. The molecule has 0 aromatic heterocycles. The van der Waals surface area contributed by atoms with Crippen molar-refractivity contribution in [2.24, 2.45) is 0 Å². The van der Waals surface area contributed by atoms with Gasteiger partial charge in [0.2, 0.25) is 5.75 Å². The number of ether oxygens (including phenoxy) is 5. The molecule has 0 aliphatic carbocycles. The van der Waals surface area contributed by atoms with Crippen LogP contribution in [0.4, 0.5) is 4.79 Å². The quantitative estimate of drug-likeness (QED) is 0.337. The summed E-state index contributed by atoms with van der Waals surface area (Å²) in [6, 6.07) is 2.85. The van der Waals surface area contributed by atoms with Crippen molar-refractivity contribution in [3.05, 3.63) is 17.7 Å². The minimum Gasteiger partial charge on any atom is -0.493 e. The lowest BCUT2D eigenvalue weighted by molar-refractivity contribution is -0.452. The number of hydrogen-bond donors (Lipinski definition) is 0. The zero-order valence-corrected chi connectivity index (χ0v) is 16.2. The van der Waals surface area contributed by atoms with E-state index in [1.165, 1.54) is 33.5 Å². The lowest BCUT2D eigenvalue weighted by Gasteiger charge is -2.21. The van der Waals surface area contributed by atoms with Gasteiger partial charge in [-0.25, -0.2) is 14.5 Å². The molecule has 0 saturated heterocycles. The van der Waals surface area contributed by atoms with Crippen molar-refractivity contribution >= 4 is 12.1 Å². The lowest BCUT2D eigenvalue weighted by atomic mass is 10.1. The van der Waals surface area contributed by atoms with Crippen LogP contribution in [0.15, 0.2) is 12.1 Å². The maximum atomic E-state index is 12.1. The fourth-order valence-corrected chi connectivity index (χ4v) is 1.89. The van der Waals surface area contributed by atoms with Crippen LogP contribution in [0.2, 0.25) is 0 Å². The van der Waals surface area contributed by atoms with Crippen molar-refractivity contribution in [3.63, 3.8) is 0 Å². The van der Waals surface area contributed by atoms with Gasteiger partial charge in [-0.1, -0.05) is 0 Å². The second-order valence-electron chi connectivity index (χ2n) is 5.72. The second-order valence-corrected chi connectivity index (χ2v) is 5.72. The summed E-state index contributed by atoms with van der Waals surface area (Å²) in [5.74, 6) is -0.378. The van der Waals surface area contributed by atoms with Crippen LogP contribution in [-0.4, -0.2) is 52.8 Å². The van der Waals surface area contributed by atoms with Gasteiger partial charge in [0.05, 0.1) is 38.6 Å². The molecule has 0 atom stereocenters. The summed E-state index contributed by atoms with van der Waals surface area (Å²) in [6.07, 6.45) is -0.740. The van der Waals surface area contributed by atoms with Gasteiger partial charge >= 0.3 is 12.1 Å². The van der Waals surface area contributed by atoms with Crippen molar-refractivity contribution < 1.29 is 48.1 Å². The van der Waals surface area contributed by atoms with Gasteiger partial charge in [0.15, 0.2) is 11.5 Å². The Labute approximate surface area is 157 Å². The van der Waals surface area contributed by atoms with Gasteiger partial charge in [0, 0.05) is 13.5 Å². The third-order valence-electron chi connectivity index (χ3n) is 3.61. The van der Waals surface area contributed by atoms with E-state index in [2.05, 4.69) is 14.8 Å². The highest BCUT2D eigenvalue weighted by atomic mass is 17.5. The topological polar surface area (TPSA) is 108 Å². The fraction of sp³-hybridized carbons (Fsp3) is 0.529. The third kappa shape index (κ3) is 6.50. The van der Waals surface area contributed by atoms with Gasteiger partial charge in [-0.15, -0.1) is 0 Å². The number of carbonyl (C=O) groups is 2. The number of rotatable bonds is 10. The van der Waals surface area contributed by atoms with Crippen molar-refractivity contribution in [2.75, 3.05) is 35.0 Å². The first-order chi connectivity index (χ1) is 12.8. The predicted molar refractivity (Wildman–Crippen MR) is 90.7 cm³/mol. The maximum Gasteiger partial charge on any atom is 0.543 e. The molecule has 1 aromatic rings. The first-order valence-electron chi connectivity index (χ1n) is 7.86. The molecule has 10 heteroatoms. The van der Waals surface area contributed by atoms with E-state index in [0.29, 0.717) is 12.2 Å². The molecule has 0 N–H and O–H groups in total. The molecule has 0 fully saturated rings. The molecule has 0 unspecified atom stereocenters. The van der Waals surface area contributed by atoms with E-state index in [4.69, 9.17) is 23.7 Å². The van der Waals surface area contributed by atoms with Crippen LogP contribution in [0.25, 0.3) is 0 Å². The van der Waals surface area contributed by atoms with Gasteiger partial charge in [-0.2, -0.15) is 0 Å². The van der Waals surface area contributed by atoms with Crippen molar-refractivity contribution in [3.8, 4) is 17.2 Å². The van der Waals surface area contributed by atoms with Crippen molar-refractivity contribution in [1.82, 2.24) is 0 Å². The van der Waals surface area contributed by atoms with Gasteiger partial charge in [0.1, 0.15) is 5.56 Å². The fourth-order valence-electron chi connectivity index (χ4n) is 1.89. The summed E-state index contributed by atoms with van der Waals surface area (Å²) in [5.41, 5.74) is -0.494. The summed E-state index contributed by atoms with van der Waals surface area (Å²) in [6.45, 7) is 3.69. The Bertz CT molecular complexity index is 641. The zero-order chi connectivity index (χ0) is 20.4. The zero-order valence-electron chi connectivity index (χ0n) is 16.2. The standard InChI is InChI=1S/C17H24O10/c1-17(2,23-6)9-10-24-16(19)26-27-25-15(18)11-7-8-12(20-3)14(22-5)13(11)21-4/h7-8H,9-10H2,1-6H3. The second kappa shape index (κ2) is 10.4. The largest absolute Gasteiger partial charge is 0.543 e. The lowest BCUT2D eigenvalue weighted by Crippen LogP contribution is -2.25. The molecule has 0 heterocycles. The van der Waals surface area contributed by atoms with Crippen LogP contribution in [0.1, 0.15) is 30.6 Å². The van der Waals surface area contributed by atoms with Crippen molar-refractivity contribution in [2.45, 2.75) is 25.9 Å². The summed E-state index contributed by atoms with van der Waals surface area (Å²) in [5, 5.41) is 4.17. The van der Waals surface area contributed by atoms with Gasteiger partial charge in [-0.05, 0) is 26.0 Å². The van der Waals surface area contributed by atoms with Crippen molar-refractivity contribution in [1.29, 1.82) is 0 Å². The average Bonchev–Trinajstić information content (AvgIpc) is 2.66. The van der Waals surface area contributed by atoms with Crippen LogP contribution in [0.3, 0.4) is 0 Å². The molecular weight excluding hydrogens is 364 g/mol. The Morgan fingerprint density at radius 1 is 0.926 bits per heavy atom. The number of methoxy groups -OCH3 is 4. The number of benzene rings is 1. The molecule has 0 spiro atoms. The molecule has 0 bridgehead atoms. The monoisotopic (exact) mass is 388 g/mol. The van der Waals surface area contributed by atoms with Crippen LogP contribution in [0, 0.1) is 0 Å². The molecular formula is C17H24O10. The summed E-state index contributed by atoms with van der Waals surface area (Å²) in [7, 11) is 5.70. The maximum absolute atomic E-state index is 12.1. The summed E-state index contributed by atoms with van der Waals surface area (Å²) >= 11 is 0. The van der Waals surface area contributed by atoms with E-state index in [0.717, 1.165) is 0 Å². The molecule has 0 aliphatic rings. The van der Waals surface area contributed by atoms with E-state index in [-0.39, 0.29) is 23.7 Å². The summed E-state index contributed by atoms with van der Waals surface area (Å²) in [4.78, 5) is 32.1. The number of hydrogen-bond acceptors (Lipinski definition) is 10. The first-order valence-corrected chi connectivity index (χ1v) is 7.86. The van der Waals surface area contributed by atoms with E-state index < -0.39 is 17.7 Å². The third-order valence-corrected chi connectivity index (χ3v) is 3.61. The molecule has 0 saturated carbocycles. The van der Waals surface area contributed by atoms with Gasteiger partial charge in [-0.3, -0.25) is 4.89 Å². The molecule has 1 aromatic carbocycles. The van der Waals surface area contributed by atoms with Crippen LogP contribution in [-0.2, 0) is 24.3 Å². The highest BCUT2D eigenvalue weighted by Crippen LogP contribution is 2.39. The Kier molecular flexibility index (Phi) is 8.63. The Balaban J connectivity index is 2.57. The smallest absolute Gasteiger partial charge is 0.493 e. The summed E-state index contributed by atoms with van der Waals surface area (Å²) < 4.78 is 25.4. The Morgan fingerprint density at radius 2 is 1.59 bits per heavy atom. The first kappa shape index (κ1) is 22.3. The van der Waals surface area contributed by atoms with Gasteiger partial charge in [0.25, 0.3) is 0 Å². The SMILES string of the molecule is COc1ccc(C(=O)OOOC(=O)OCCC(C)(C)OC)c(OC)c1OC. The molecule has 27 heavy (non-hydrogen) atoms. The average molecular weight is 388 g/mol. The normalized spacial score (nSPS) is 10.7. The minimum absolute atomic E-state index is 0.0283.